The molecule has 0 heterocycles. The highest BCUT2D eigenvalue weighted by Crippen LogP contribution is 2.61. The molecule has 5 nitrogen and oxygen atoms in total. The van der Waals surface area contributed by atoms with Crippen molar-refractivity contribution in [3.8, 4) is 0 Å². The summed E-state index contributed by atoms with van der Waals surface area (Å²) >= 11 is 6.71. The van der Waals surface area contributed by atoms with E-state index in [-0.39, 0.29) is 11.3 Å². The number of carbonyl (C=O) groups excluding carboxylic acids is 2. The van der Waals surface area contributed by atoms with Gasteiger partial charge in [0.05, 0.1) is 24.7 Å². The molecule has 6 atom stereocenters. The molecular formula is C21H31ClO5. The second kappa shape index (κ2) is 7.69. The standard InChI is InChI=1S/C21H31ClO5/c1-19(2,26)9-6-10-20(3)15-8-7-13(18(25)27-5)14(12-23)21(15,4)17(24)11-16(20)22/h6-7,9,12,14-17,24,26H,8,10-11H2,1-5H3. The fourth-order valence-corrected chi connectivity index (χ4v) is 5.36. The molecule has 0 aliphatic heterocycles. The molecule has 0 aromatic heterocycles. The van der Waals surface area contributed by atoms with Crippen molar-refractivity contribution in [3.05, 3.63) is 23.8 Å². The fourth-order valence-electron chi connectivity index (χ4n) is 4.95. The number of esters is 1. The van der Waals surface area contributed by atoms with Crippen LogP contribution in [0, 0.1) is 22.7 Å². The van der Waals surface area contributed by atoms with Gasteiger partial charge in [0.1, 0.15) is 6.29 Å². The third kappa shape index (κ3) is 3.87. The Hall–Kier alpha value is -1.17. The smallest absolute Gasteiger partial charge is 0.334 e. The Labute approximate surface area is 166 Å². The zero-order chi connectivity index (χ0) is 20.6. The molecule has 2 N–H and O–H groups in total. The number of halogens is 1. The van der Waals surface area contributed by atoms with E-state index in [2.05, 4.69) is 6.92 Å². The number of aliphatic hydroxyl groups excluding tert-OH is 1. The topological polar surface area (TPSA) is 83.8 Å². The SMILES string of the molecule is COC(=O)C1=CCC2C(C)(CC=CC(C)(C)O)C(Cl)CC(O)C2(C)C1C=O. The molecule has 0 saturated heterocycles. The van der Waals surface area contributed by atoms with E-state index in [1.54, 1.807) is 26.0 Å². The molecule has 0 aromatic carbocycles. The number of aliphatic hydroxyl groups is 2. The van der Waals surface area contributed by atoms with Gasteiger partial charge in [-0.25, -0.2) is 4.79 Å². The highest BCUT2D eigenvalue weighted by Gasteiger charge is 2.61. The Balaban J connectivity index is 2.49. The van der Waals surface area contributed by atoms with Gasteiger partial charge in [-0.2, -0.15) is 0 Å². The van der Waals surface area contributed by atoms with Crippen LogP contribution >= 0.6 is 11.6 Å². The molecule has 27 heavy (non-hydrogen) atoms. The molecule has 0 aromatic rings. The summed E-state index contributed by atoms with van der Waals surface area (Å²) < 4.78 is 4.84. The van der Waals surface area contributed by atoms with Gasteiger partial charge in [-0.05, 0) is 44.4 Å². The molecule has 6 heteroatoms. The van der Waals surface area contributed by atoms with E-state index in [4.69, 9.17) is 16.3 Å². The Bertz CT molecular complexity index is 649. The molecule has 152 valence electrons. The summed E-state index contributed by atoms with van der Waals surface area (Å²) in [7, 11) is 1.29. The molecule has 2 aliphatic rings. The van der Waals surface area contributed by atoms with Gasteiger partial charge in [-0.15, -0.1) is 11.6 Å². The maximum absolute atomic E-state index is 12.2. The zero-order valence-electron chi connectivity index (χ0n) is 16.7. The molecule has 0 bridgehead atoms. The third-order valence-corrected chi connectivity index (χ3v) is 7.31. The van der Waals surface area contributed by atoms with Crippen molar-refractivity contribution in [1.29, 1.82) is 0 Å². The number of methoxy groups -OCH3 is 1. The quantitative estimate of drug-likeness (QED) is 0.322. The fraction of sp³-hybridized carbons (Fsp3) is 0.714. The molecule has 0 spiro atoms. The van der Waals surface area contributed by atoms with Gasteiger partial charge in [-0.1, -0.05) is 32.1 Å². The second-order valence-electron chi connectivity index (χ2n) is 8.90. The van der Waals surface area contributed by atoms with Gasteiger partial charge >= 0.3 is 5.97 Å². The molecular weight excluding hydrogens is 368 g/mol. The maximum Gasteiger partial charge on any atom is 0.334 e. The van der Waals surface area contributed by atoms with Gasteiger partial charge < -0.3 is 19.7 Å². The number of aldehydes is 1. The number of carbonyl (C=O) groups is 2. The summed E-state index contributed by atoms with van der Waals surface area (Å²) in [5, 5.41) is 20.6. The molecule has 1 fully saturated rings. The van der Waals surface area contributed by atoms with E-state index in [0.717, 1.165) is 6.29 Å². The van der Waals surface area contributed by atoms with Crippen LogP contribution in [0.25, 0.3) is 0 Å². The van der Waals surface area contributed by atoms with Crippen molar-refractivity contribution in [2.24, 2.45) is 22.7 Å². The average Bonchev–Trinajstić information content (AvgIpc) is 2.57. The lowest BCUT2D eigenvalue weighted by Crippen LogP contribution is -2.61. The van der Waals surface area contributed by atoms with E-state index < -0.39 is 34.4 Å². The lowest BCUT2D eigenvalue weighted by molar-refractivity contribution is -0.152. The number of hydrogen-bond acceptors (Lipinski definition) is 5. The lowest BCUT2D eigenvalue weighted by atomic mass is 9.46. The van der Waals surface area contributed by atoms with Crippen LogP contribution in [0.1, 0.15) is 47.0 Å². The highest BCUT2D eigenvalue weighted by molar-refractivity contribution is 6.21. The van der Waals surface area contributed by atoms with Crippen molar-refractivity contribution in [1.82, 2.24) is 0 Å². The Kier molecular flexibility index (Phi) is 6.30. The maximum atomic E-state index is 12.2. The zero-order valence-corrected chi connectivity index (χ0v) is 17.5. The van der Waals surface area contributed by atoms with E-state index in [1.807, 2.05) is 13.0 Å². The normalized spacial score (nSPS) is 39.6. The molecule has 1 saturated carbocycles. The Morgan fingerprint density at radius 3 is 2.59 bits per heavy atom. The predicted molar refractivity (Wildman–Crippen MR) is 104 cm³/mol. The van der Waals surface area contributed by atoms with Crippen LogP contribution in [0.3, 0.4) is 0 Å². The van der Waals surface area contributed by atoms with E-state index in [0.29, 0.717) is 24.8 Å². The number of ether oxygens (including phenoxy) is 1. The van der Waals surface area contributed by atoms with Gasteiger partial charge in [0, 0.05) is 16.4 Å². The minimum atomic E-state index is -0.925. The van der Waals surface area contributed by atoms with E-state index >= 15 is 0 Å². The second-order valence-corrected chi connectivity index (χ2v) is 9.43. The number of allylic oxidation sites excluding steroid dienone is 2. The van der Waals surface area contributed by atoms with Crippen LogP contribution in [0.5, 0.6) is 0 Å². The van der Waals surface area contributed by atoms with Crippen molar-refractivity contribution in [3.63, 3.8) is 0 Å². The average molecular weight is 399 g/mol. The van der Waals surface area contributed by atoms with Crippen molar-refractivity contribution in [2.75, 3.05) is 7.11 Å². The van der Waals surface area contributed by atoms with Gasteiger partial charge in [0.15, 0.2) is 0 Å². The Morgan fingerprint density at radius 2 is 2.07 bits per heavy atom. The van der Waals surface area contributed by atoms with Crippen LogP contribution in [-0.4, -0.2) is 46.7 Å². The largest absolute Gasteiger partial charge is 0.466 e. The van der Waals surface area contributed by atoms with E-state index in [1.165, 1.54) is 7.11 Å². The van der Waals surface area contributed by atoms with Gasteiger partial charge in [0.2, 0.25) is 0 Å². The van der Waals surface area contributed by atoms with Gasteiger partial charge in [0.25, 0.3) is 0 Å². The van der Waals surface area contributed by atoms with Crippen LogP contribution in [0.4, 0.5) is 0 Å². The monoisotopic (exact) mass is 398 g/mol. The van der Waals surface area contributed by atoms with Crippen molar-refractivity contribution in [2.45, 2.75) is 64.0 Å². The molecule has 0 amide bonds. The predicted octanol–water partition coefficient (Wildman–Crippen LogP) is 3.02. The summed E-state index contributed by atoms with van der Waals surface area (Å²) in [6.07, 6.45) is 6.82. The Morgan fingerprint density at radius 1 is 1.44 bits per heavy atom. The highest BCUT2D eigenvalue weighted by atomic mass is 35.5. The lowest BCUT2D eigenvalue weighted by Gasteiger charge is -2.60. The summed E-state index contributed by atoms with van der Waals surface area (Å²) in [5.74, 6) is -1.39. The number of rotatable bonds is 5. The minimum absolute atomic E-state index is 0.105. The summed E-state index contributed by atoms with van der Waals surface area (Å²) in [4.78, 5) is 24.2. The molecule has 2 aliphatic carbocycles. The first-order valence-corrected chi connectivity index (χ1v) is 9.81. The first kappa shape index (κ1) is 22.1. The number of fused-ring (bicyclic) bond motifs is 1. The van der Waals surface area contributed by atoms with Crippen molar-refractivity contribution >= 4 is 23.9 Å². The van der Waals surface area contributed by atoms with Gasteiger partial charge in [-0.3, -0.25) is 0 Å². The summed E-state index contributed by atoms with van der Waals surface area (Å²) in [6, 6.07) is 0. The number of hydrogen-bond donors (Lipinski definition) is 2. The van der Waals surface area contributed by atoms with Crippen LogP contribution < -0.4 is 0 Å². The van der Waals surface area contributed by atoms with Crippen LogP contribution in [0.2, 0.25) is 0 Å². The van der Waals surface area contributed by atoms with E-state index in [9.17, 15) is 19.8 Å². The van der Waals surface area contributed by atoms with Crippen molar-refractivity contribution < 1.29 is 24.5 Å². The number of alkyl halides is 1. The molecule has 0 radical (unpaired) electrons. The summed E-state index contributed by atoms with van der Waals surface area (Å²) in [6.45, 7) is 7.34. The summed E-state index contributed by atoms with van der Waals surface area (Å²) in [5.41, 5.74) is -1.84. The first-order valence-electron chi connectivity index (χ1n) is 9.37. The van der Waals surface area contributed by atoms with Crippen LogP contribution in [-0.2, 0) is 14.3 Å². The third-order valence-electron chi connectivity index (χ3n) is 6.63. The molecule has 2 rings (SSSR count). The molecule has 6 unspecified atom stereocenters. The van der Waals surface area contributed by atoms with Crippen LogP contribution in [0.15, 0.2) is 23.8 Å². The minimum Gasteiger partial charge on any atom is -0.466 e. The first-order chi connectivity index (χ1) is 12.4.